The third-order valence-electron chi connectivity index (χ3n) is 4.92. The predicted octanol–water partition coefficient (Wildman–Crippen LogP) is 2.66. The number of likely N-dealkylation sites (tertiary alicyclic amines) is 1. The van der Waals surface area contributed by atoms with Crippen molar-refractivity contribution in [1.29, 1.82) is 5.26 Å². The first-order chi connectivity index (χ1) is 14.0. The van der Waals surface area contributed by atoms with Gasteiger partial charge in [0, 0.05) is 37.3 Å². The van der Waals surface area contributed by atoms with Gasteiger partial charge in [0.2, 0.25) is 11.8 Å². The fraction of sp³-hybridized carbons (Fsp3) is 0.300. The molecule has 3 amide bonds. The van der Waals surface area contributed by atoms with Crippen LogP contribution in [0.25, 0.3) is 0 Å². The zero-order chi connectivity index (χ0) is 20.4. The molecule has 1 aromatic carbocycles. The summed E-state index contributed by atoms with van der Waals surface area (Å²) in [5, 5.41) is 14.1. The maximum absolute atomic E-state index is 14.3. The molecule has 3 heterocycles. The molecule has 1 unspecified atom stereocenters. The lowest BCUT2D eigenvalue weighted by atomic mass is 10.0. The van der Waals surface area contributed by atoms with Crippen molar-refractivity contribution >= 4 is 23.3 Å². The van der Waals surface area contributed by atoms with Gasteiger partial charge in [0.1, 0.15) is 18.0 Å². The number of amides is 3. The van der Waals surface area contributed by atoms with Gasteiger partial charge < -0.3 is 20.3 Å². The van der Waals surface area contributed by atoms with E-state index in [0.29, 0.717) is 55.0 Å². The van der Waals surface area contributed by atoms with Crippen molar-refractivity contribution in [3.63, 3.8) is 0 Å². The van der Waals surface area contributed by atoms with Crippen LogP contribution in [0.5, 0.6) is 5.88 Å². The van der Waals surface area contributed by atoms with Crippen LogP contribution in [0.4, 0.5) is 20.6 Å². The molecule has 4 rings (SSSR count). The zero-order valence-electron chi connectivity index (χ0n) is 15.4. The fourth-order valence-corrected chi connectivity index (χ4v) is 3.38. The number of aryl methyl sites for hydroxylation is 1. The number of anilines is 2. The molecule has 1 fully saturated rings. The summed E-state index contributed by atoms with van der Waals surface area (Å²) in [4.78, 5) is 29.7. The molecule has 29 heavy (non-hydrogen) atoms. The SMILES string of the molecule is N#Cc1ccc(OC2CCN(C(=O)Nc3cc4c(cc3F)CCC(=O)N4)C2)nc1. The molecular weight excluding hydrogens is 377 g/mol. The van der Waals surface area contributed by atoms with E-state index in [9.17, 15) is 14.0 Å². The van der Waals surface area contributed by atoms with Crippen LogP contribution in [0.15, 0.2) is 30.5 Å². The molecule has 0 bridgehead atoms. The molecule has 1 atom stereocenters. The minimum Gasteiger partial charge on any atom is -0.472 e. The first kappa shape index (κ1) is 18.7. The van der Waals surface area contributed by atoms with Gasteiger partial charge in [0.15, 0.2) is 0 Å². The topological polar surface area (TPSA) is 107 Å². The van der Waals surface area contributed by atoms with Crippen LogP contribution in [-0.4, -0.2) is 41.0 Å². The Morgan fingerprint density at radius 2 is 2.24 bits per heavy atom. The normalized spacial score (nSPS) is 17.9. The largest absolute Gasteiger partial charge is 0.472 e. The number of rotatable bonds is 3. The molecule has 2 aliphatic rings. The minimum absolute atomic E-state index is 0.0223. The summed E-state index contributed by atoms with van der Waals surface area (Å²) in [7, 11) is 0. The fourth-order valence-electron chi connectivity index (χ4n) is 3.38. The van der Waals surface area contributed by atoms with Gasteiger partial charge in [-0.1, -0.05) is 0 Å². The number of urea groups is 1. The van der Waals surface area contributed by atoms with Crippen LogP contribution in [0, 0.1) is 17.1 Å². The van der Waals surface area contributed by atoms with Crippen molar-refractivity contribution < 1.29 is 18.7 Å². The lowest BCUT2D eigenvalue weighted by Gasteiger charge is -2.21. The third-order valence-corrected chi connectivity index (χ3v) is 4.92. The summed E-state index contributed by atoms with van der Waals surface area (Å²) in [5.74, 6) is -0.285. The monoisotopic (exact) mass is 395 g/mol. The number of hydrogen-bond acceptors (Lipinski definition) is 5. The van der Waals surface area contributed by atoms with Gasteiger partial charge in [-0.25, -0.2) is 14.2 Å². The average molecular weight is 395 g/mol. The second-order valence-electron chi connectivity index (χ2n) is 6.94. The number of nitrogens with zero attached hydrogens (tertiary/aromatic N) is 3. The summed E-state index contributed by atoms with van der Waals surface area (Å²) < 4.78 is 20.1. The molecule has 2 aliphatic heterocycles. The highest BCUT2D eigenvalue weighted by molar-refractivity contribution is 5.96. The lowest BCUT2D eigenvalue weighted by molar-refractivity contribution is -0.116. The number of carbonyl (C=O) groups excluding carboxylic acids is 2. The molecule has 0 saturated carbocycles. The van der Waals surface area contributed by atoms with Crippen LogP contribution < -0.4 is 15.4 Å². The number of benzene rings is 1. The first-order valence-electron chi connectivity index (χ1n) is 9.23. The van der Waals surface area contributed by atoms with Crippen LogP contribution in [-0.2, 0) is 11.2 Å². The number of aromatic nitrogens is 1. The zero-order valence-corrected chi connectivity index (χ0v) is 15.4. The second-order valence-corrected chi connectivity index (χ2v) is 6.94. The highest BCUT2D eigenvalue weighted by atomic mass is 19.1. The molecule has 0 radical (unpaired) electrons. The summed E-state index contributed by atoms with van der Waals surface area (Å²) >= 11 is 0. The lowest BCUT2D eigenvalue weighted by Crippen LogP contribution is -2.35. The van der Waals surface area contributed by atoms with Crippen molar-refractivity contribution in [2.75, 3.05) is 23.7 Å². The van der Waals surface area contributed by atoms with Crippen molar-refractivity contribution in [1.82, 2.24) is 9.88 Å². The maximum atomic E-state index is 14.3. The Kier molecular flexibility index (Phi) is 4.99. The Bertz CT molecular complexity index is 1000. The number of ether oxygens (including phenoxy) is 1. The van der Waals surface area contributed by atoms with Crippen LogP contribution in [0.2, 0.25) is 0 Å². The van der Waals surface area contributed by atoms with E-state index in [4.69, 9.17) is 10.00 Å². The van der Waals surface area contributed by atoms with Crippen molar-refractivity contribution in [2.45, 2.75) is 25.4 Å². The Morgan fingerprint density at radius 3 is 3.00 bits per heavy atom. The predicted molar refractivity (Wildman–Crippen MR) is 102 cm³/mol. The van der Waals surface area contributed by atoms with E-state index >= 15 is 0 Å². The Morgan fingerprint density at radius 1 is 1.38 bits per heavy atom. The maximum Gasteiger partial charge on any atom is 0.322 e. The highest BCUT2D eigenvalue weighted by Crippen LogP contribution is 2.29. The van der Waals surface area contributed by atoms with Gasteiger partial charge in [-0.15, -0.1) is 0 Å². The smallest absolute Gasteiger partial charge is 0.322 e. The van der Waals surface area contributed by atoms with E-state index in [0.717, 1.165) is 0 Å². The number of nitrogens with one attached hydrogen (secondary N) is 2. The molecule has 8 nitrogen and oxygen atoms in total. The Balaban J connectivity index is 1.37. The van der Waals surface area contributed by atoms with Gasteiger partial charge in [0.25, 0.3) is 0 Å². The van der Waals surface area contributed by atoms with E-state index in [2.05, 4.69) is 15.6 Å². The second kappa shape index (κ2) is 7.75. The van der Waals surface area contributed by atoms with Crippen LogP contribution >= 0.6 is 0 Å². The van der Waals surface area contributed by atoms with Gasteiger partial charge >= 0.3 is 6.03 Å². The minimum atomic E-state index is -0.540. The van der Waals surface area contributed by atoms with Crippen LogP contribution in [0.3, 0.4) is 0 Å². The number of halogens is 1. The molecular formula is C20H18FN5O3. The van der Waals surface area contributed by atoms with Crippen LogP contribution in [0.1, 0.15) is 24.0 Å². The van der Waals surface area contributed by atoms with E-state index in [-0.39, 0.29) is 17.7 Å². The number of hydrogen-bond donors (Lipinski definition) is 2. The van der Waals surface area contributed by atoms with Gasteiger partial charge in [-0.2, -0.15) is 5.26 Å². The van der Waals surface area contributed by atoms with Crippen molar-refractivity contribution in [3.05, 3.63) is 47.4 Å². The number of nitriles is 1. The summed E-state index contributed by atoms with van der Waals surface area (Å²) in [6.07, 6.45) is 2.58. The summed E-state index contributed by atoms with van der Waals surface area (Å²) in [5.41, 5.74) is 1.69. The van der Waals surface area contributed by atoms with E-state index < -0.39 is 11.8 Å². The molecule has 9 heteroatoms. The van der Waals surface area contributed by atoms with E-state index in [1.807, 2.05) is 6.07 Å². The van der Waals surface area contributed by atoms with Gasteiger partial charge in [0.05, 0.1) is 17.8 Å². The highest BCUT2D eigenvalue weighted by Gasteiger charge is 2.29. The molecule has 1 saturated heterocycles. The molecule has 0 spiro atoms. The molecule has 148 valence electrons. The quantitative estimate of drug-likeness (QED) is 0.831. The number of fused-ring (bicyclic) bond motifs is 1. The Hall–Kier alpha value is -3.67. The standard InChI is InChI=1S/C20H18FN5O3/c21-15-7-13-2-3-18(27)24-16(13)8-17(15)25-20(28)26-6-5-14(11-26)29-19-4-1-12(9-22)10-23-19/h1,4,7-8,10,14H,2-3,5-6,11H2,(H,24,27)(H,25,28). The van der Waals surface area contributed by atoms with Crippen molar-refractivity contribution in [3.8, 4) is 11.9 Å². The third kappa shape index (κ3) is 4.11. The average Bonchev–Trinajstić information content (AvgIpc) is 3.18. The summed E-state index contributed by atoms with van der Waals surface area (Å²) in [6.45, 7) is 0.785. The number of pyridine rings is 1. The molecule has 1 aromatic heterocycles. The first-order valence-corrected chi connectivity index (χ1v) is 9.23. The van der Waals surface area contributed by atoms with E-state index in [1.54, 1.807) is 12.1 Å². The molecule has 2 aromatic rings. The van der Waals surface area contributed by atoms with Gasteiger partial charge in [-0.3, -0.25) is 4.79 Å². The number of carbonyl (C=O) groups is 2. The van der Waals surface area contributed by atoms with Gasteiger partial charge in [-0.05, 0) is 30.2 Å². The van der Waals surface area contributed by atoms with Crippen molar-refractivity contribution in [2.24, 2.45) is 0 Å². The summed E-state index contributed by atoms with van der Waals surface area (Å²) in [6, 6.07) is 7.56. The molecule has 2 N–H and O–H groups in total. The van der Waals surface area contributed by atoms with E-state index in [1.165, 1.54) is 23.2 Å². The Labute approximate surface area is 166 Å². The molecule has 0 aliphatic carbocycles.